The molecule has 0 atom stereocenters. The molecule has 0 bridgehead atoms. The minimum absolute atomic E-state index is 0.0893. The van der Waals surface area contributed by atoms with Gasteiger partial charge in [-0.2, -0.15) is 10.5 Å². The predicted molar refractivity (Wildman–Crippen MR) is 105 cm³/mol. The van der Waals surface area contributed by atoms with Crippen molar-refractivity contribution in [1.82, 2.24) is 4.98 Å². The minimum atomic E-state index is -0.130. The topological polar surface area (TPSA) is 125 Å². The van der Waals surface area contributed by atoms with Crippen LogP contribution in [0.3, 0.4) is 0 Å². The second kappa shape index (κ2) is 8.28. The molecule has 0 spiro atoms. The van der Waals surface area contributed by atoms with Gasteiger partial charge in [-0.15, -0.1) is 5.23 Å². The van der Waals surface area contributed by atoms with Crippen molar-refractivity contribution in [1.29, 1.82) is 10.5 Å². The molecular formula is C21H17N5O3. The standard InChI is InChI=1S/C21H17N5O3/c1-13-7-16(11-23)8-14(2)20(13)29-18-9-19(21(24-12-18)26(27)28)25-17-5-3-15(10-22)4-6-17/h3-9,12,25,27-28H,1-2H3. The van der Waals surface area contributed by atoms with E-state index in [1.807, 2.05) is 19.9 Å². The molecule has 8 heteroatoms. The molecule has 0 aliphatic carbocycles. The number of aromatic nitrogens is 1. The van der Waals surface area contributed by atoms with Gasteiger partial charge in [-0.3, -0.25) is 10.4 Å². The molecule has 2 aromatic carbocycles. The van der Waals surface area contributed by atoms with Gasteiger partial charge < -0.3 is 10.1 Å². The van der Waals surface area contributed by atoms with Crippen molar-refractivity contribution in [3.05, 3.63) is 70.9 Å². The molecule has 0 fully saturated rings. The molecule has 29 heavy (non-hydrogen) atoms. The highest BCUT2D eigenvalue weighted by Crippen LogP contribution is 2.34. The molecule has 0 aliphatic rings. The summed E-state index contributed by atoms with van der Waals surface area (Å²) in [7, 11) is 0. The van der Waals surface area contributed by atoms with Crippen molar-refractivity contribution in [2.75, 3.05) is 10.5 Å². The summed E-state index contributed by atoms with van der Waals surface area (Å²) in [5.41, 5.74) is 3.53. The third-order valence-corrected chi connectivity index (χ3v) is 4.13. The third kappa shape index (κ3) is 4.42. The van der Waals surface area contributed by atoms with Crippen LogP contribution in [0.4, 0.5) is 17.2 Å². The Morgan fingerprint density at radius 2 is 1.59 bits per heavy atom. The van der Waals surface area contributed by atoms with Gasteiger partial charge in [0, 0.05) is 11.8 Å². The molecule has 144 valence electrons. The summed E-state index contributed by atoms with van der Waals surface area (Å²) in [5, 5.41) is 39.8. The summed E-state index contributed by atoms with van der Waals surface area (Å²) < 4.78 is 5.95. The summed E-state index contributed by atoms with van der Waals surface area (Å²) in [6.07, 6.45) is 1.36. The smallest absolute Gasteiger partial charge is 0.207 e. The molecule has 3 rings (SSSR count). The molecule has 3 aromatic rings. The molecule has 0 unspecified atom stereocenters. The summed E-state index contributed by atoms with van der Waals surface area (Å²) >= 11 is 0. The number of nitriles is 2. The Morgan fingerprint density at radius 3 is 2.14 bits per heavy atom. The number of hydrogen-bond acceptors (Lipinski definition) is 8. The van der Waals surface area contributed by atoms with Crippen molar-refractivity contribution in [3.63, 3.8) is 0 Å². The van der Waals surface area contributed by atoms with E-state index in [4.69, 9.17) is 15.3 Å². The first-order valence-corrected chi connectivity index (χ1v) is 8.55. The molecule has 1 heterocycles. The number of nitrogens with zero attached hydrogens (tertiary/aromatic N) is 4. The summed E-state index contributed by atoms with van der Waals surface area (Å²) in [6.45, 7) is 3.67. The molecule has 0 radical (unpaired) electrons. The highest BCUT2D eigenvalue weighted by molar-refractivity contribution is 5.72. The fraction of sp³-hybridized carbons (Fsp3) is 0.0952. The molecule has 0 aliphatic heterocycles. The quantitative estimate of drug-likeness (QED) is 0.544. The number of ether oxygens (including phenoxy) is 1. The Kier molecular flexibility index (Phi) is 5.61. The fourth-order valence-electron chi connectivity index (χ4n) is 2.82. The second-order valence-corrected chi connectivity index (χ2v) is 6.30. The predicted octanol–water partition coefficient (Wildman–Crippen LogP) is 4.56. The first kappa shape index (κ1) is 19.6. The maximum Gasteiger partial charge on any atom is 0.207 e. The van der Waals surface area contributed by atoms with E-state index >= 15 is 0 Å². The molecule has 1 aromatic heterocycles. The normalized spacial score (nSPS) is 10.0. The van der Waals surface area contributed by atoms with Crippen LogP contribution in [0.5, 0.6) is 11.5 Å². The van der Waals surface area contributed by atoms with Gasteiger partial charge in [0.2, 0.25) is 5.82 Å². The van der Waals surface area contributed by atoms with E-state index in [0.717, 1.165) is 11.1 Å². The molecule has 0 saturated carbocycles. The van der Waals surface area contributed by atoms with Crippen molar-refractivity contribution in [3.8, 4) is 23.6 Å². The SMILES string of the molecule is Cc1cc(C#N)cc(C)c1Oc1cnc(N(O)O)c(Nc2ccc(C#N)cc2)c1. The highest BCUT2D eigenvalue weighted by Gasteiger charge is 2.14. The average molecular weight is 387 g/mol. The van der Waals surface area contributed by atoms with Crippen molar-refractivity contribution in [2.24, 2.45) is 0 Å². The first-order chi connectivity index (χ1) is 13.9. The third-order valence-electron chi connectivity index (χ3n) is 4.13. The maximum absolute atomic E-state index is 9.46. The van der Waals surface area contributed by atoms with E-state index < -0.39 is 0 Å². The lowest BCUT2D eigenvalue weighted by Crippen LogP contribution is -2.14. The first-order valence-electron chi connectivity index (χ1n) is 8.55. The van der Waals surface area contributed by atoms with Gasteiger partial charge in [0.15, 0.2) is 0 Å². The van der Waals surface area contributed by atoms with Crippen LogP contribution >= 0.6 is 0 Å². The summed E-state index contributed by atoms with van der Waals surface area (Å²) in [5.74, 6) is 0.824. The molecular weight excluding hydrogens is 370 g/mol. The van der Waals surface area contributed by atoms with Crippen molar-refractivity contribution in [2.45, 2.75) is 13.8 Å². The number of pyridine rings is 1. The van der Waals surface area contributed by atoms with Crippen LogP contribution < -0.4 is 15.3 Å². The summed E-state index contributed by atoms with van der Waals surface area (Å²) in [4.78, 5) is 4.03. The Hall–Kier alpha value is -4.11. The zero-order valence-corrected chi connectivity index (χ0v) is 15.7. The van der Waals surface area contributed by atoms with Gasteiger partial charge in [0.25, 0.3) is 0 Å². The van der Waals surface area contributed by atoms with Crippen molar-refractivity contribution >= 4 is 17.2 Å². The zero-order chi connectivity index (χ0) is 21.0. The zero-order valence-electron chi connectivity index (χ0n) is 15.7. The Labute approximate surface area is 167 Å². The van der Waals surface area contributed by atoms with Gasteiger partial charge in [0.05, 0.1) is 35.1 Å². The molecule has 0 amide bonds. The number of rotatable bonds is 5. The molecule has 8 nitrogen and oxygen atoms in total. The molecule has 3 N–H and O–H groups in total. The average Bonchev–Trinajstić information content (AvgIpc) is 2.71. The van der Waals surface area contributed by atoms with Crippen molar-refractivity contribution < 1.29 is 15.2 Å². The van der Waals surface area contributed by atoms with Crippen LogP contribution in [-0.4, -0.2) is 15.4 Å². The van der Waals surface area contributed by atoms with E-state index in [2.05, 4.69) is 16.4 Å². The fourth-order valence-corrected chi connectivity index (χ4v) is 2.82. The lowest BCUT2D eigenvalue weighted by Gasteiger charge is -2.17. The maximum atomic E-state index is 9.46. The van der Waals surface area contributed by atoms with Crippen LogP contribution in [0.15, 0.2) is 48.7 Å². The van der Waals surface area contributed by atoms with E-state index in [9.17, 15) is 10.4 Å². The Bertz CT molecular complexity index is 1110. The lowest BCUT2D eigenvalue weighted by atomic mass is 10.1. The number of nitrogens with one attached hydrogen (secondary N) is 1. The lowest BCUT2D eigenvalue weighted by molar-refractivity contribution is 0.0272. The summed E-state index contributed by atoms with van der Waals surface area (Å²) in [6, 6.07) is 15.8. The Balaban J connectivity index is 1.95. The van der Waals surface area contributed by atoms with E-state index in [0.29, 0.717) is 28.3 Å². The molecule has 0 saturated heterocycles. The van der Waals surface area contributed by atoms with E-state index in [1.54, 1.807) is 42.5 Å². The van der Waals surface area contributed by atoms with Gasteiger partial charge in [-0.1, -0.05) is 0 Å². The van der Waals surface area contributed by atoms with Crippen LogP contribution in [0.25, 0.3) is 0 Å². The van der Waals surface area contributed by atoms with Crippen LogP contribution in [-0.2, 0) is 0 Å². The number of anilines is 3. The largest absolute Gasteiger partial charge is 0.455 e. The number of benzene rings is 2. The van der Waals surface area contributed by atoms with Crippen LogP contribution in [0, 0.1) is 36.5 Å². The van der Waals surface area contributed by atoms with Gasteiger partial charge in [-0.05, 0) is 61.4 Å². The van der Waals surface area contributed by atoms with E-state index in [-0.39, 0.29) is 16.7 Å². The van der Waals surface area contributed by atoms with Gasteiger partial charge >= 0.3 is 0 Å². The second-order valence-electron chi connectivity index (χ2n) is 6.30. The highest BCUT2D eigenvalue weighted by atomic mass is 16.8. The van der Waals surface area contributed by atoms with Crippen LogP contribution in [0.2, 0.25) is 0 Å². The van der Waals surface area contributed by atoms with E-state index in [1.165, 1.54) is 6.20 Å². The van der Waals surface area contributed by atoms with Crippen LogP contribution in [0.1, 0.15) is 22.3 Å². The number of hydrogen-bond donors (Lipinski definition) is 3. The number of aryl methyl sites for hydroxylation is 2. The van der Waals surface area contributed by atoms with Gasteiger partial charge in [0.1, 0.15) is 11.5 Å². The minimum Gasteiger partial charge on any atom is -0.455 e. The van der Waals surface area contributed by atoms with Gasteiger partial charge in [-0.25, -0.2) is 4.98 Å². The monoisotopic (exact) mass is 387 g/mol. The Morgan fingerprint density at radius 1 is 0.966 bits per heavy atom.